The van der Waals surface area contributed by atoms with Crippen molar-refractivity contribution in [1.29, 1.82) is 0 Å². The number of nitrogens with one attached hydrogen (secondary N) is 1. The Kier molecular flexibility index (Phi) is 6.85. The number of amides is 2. The summed E-state index contributed by atoms with van der Waals surface area (Å²) < 4.78 is 10.6. The number of nitrogens with zero attached hydrogens (tertiary/aromatic N) is 1. The summed E-state index contributed by atoms with van der Waals surface area (Å²) in [5.41, 5.74) is 0.468. The Bertz CT molecular complexity index is 826. The molecule has 1 N–H and O–H groups in total. The zero-order valence-corrected chi connectivity index (χ0v) is 17.8. The molecule has 2 unspecified atom stereocenters. The molecule has 6 nitrogen and oxygen atoms in total. The summed E-state index contributed by atoms with van der Waals surface area (Å²) in [6, 6.07) is 8.54. The lowest BCUT2D eigenvalue weighted by molar-refractivity contribution is -0.124. The fourth-order valence-electron chi connectivity index (χ4n) is 3.09. The van der Waals surface area contributed by atoms with E-state index in [-0.39, 0.29) is 17.2 Å². The minimum atomic E-state index is -0.510. The Morgan fingerprint density at radius 2 is 2.00 bits per heavy atom. The summed E-state index contributed by atoms with van der Waals surface area (Å²) in [6.07, 6.45) is 0.851. The Labute approximate surface area is 173 Å². The van der Waals surface area contributed by atoms with Crippen molar-refractivity contribution in [2.45, 2.75) is 24.8 Å². The molecule has 0 bridgehead atoms. The van der Waals surface area contributed by atoms with Crippen molar-refractivity contribution >= 4 is 34.9 Å². The van der Waals surface area contributed by atoms with Crippen LogP contribution in [0.3, 0.4) is 0 Å². The van der Waals surface area contributed by atoms with Crippen LogP contribution in [0.1, 0.15) is 34.0 Å². The lowest BCUT2D eigenvalue weighted by Crippen LogP contribution is -2.48. The second-order valence-corrected chi connectivity index (χ2v) is 8.38. The number of thioether (sulfide) groups is 1. The van der Waals surface area contributed by atoms with Crippen LogP contribution in [-0.4, -0.2) is 49.3 Å². The predicted molar refractivity (Wildman–Crippen MR) is 112 cm³/mol. The van der Waals surface area contributed by atoms with Crippen LogP contribution in [0, 0.1) is 0 Å². The minimum Gasteiger partial charge on any atom is -0.493 e. The summed E-state index contributed by atoms with van der Waals surface area (Å²) in [6.45, 7) is 2.60. The largest absolute Gasteiger partial charge is 0.493 e. The number of thiophene rings is 1. The third kappa shape index (κ3) is 4.12. The molecule has 1 aromatic heterocycles. The van der Waals surface area contributed by atoms with Gasteiger partial charge in [-0.3, -0.25) is 9.59 Å². The zero-order chi connectivity index (χ0) is 20.1. The predicted octanol–water partition coefficient (Wildman–Crippen LogP) is 3.55. The van der Waals surface area contributed by atoms with Crippen molar-refractivity contribution < 1.29 is 19.1 Å². The van der Waals surface area contributed by atoms with Gasteiger partial charge in [0.05, 0.1) is 14.2 Å². The zero-order valence-electron chi connectivity index (χ0n) is 16.1. The highest BCUT2D eigenvalue weighted by Crippen LogP contribution is 2.44. The summed E-state index contributed by atoms with van der Waals surface area (Å²) in [5.74, 6) is 1.31. The molecule has 3 rings (SSSR count). The van der Waals surface area contributed by atoms with Crippen LogP contribution in [0.5, 0.6) is 11.5 Å². The van der Waals surface area contributed by atoms with Gasteiger partial charge in [0.15, 0.2) is 11.5 Å². The minimum absolute atomic E-state index is 0.109. The van der Waals surface area contributed by atoms with Gasteiger partial charge in [-0.15, -0.1) is 23.1 Å². The van der Waals surface area contributed by atoms with Crippen LogP contribution in [0.2, 0.25) is 0 Å². The van der Waals surface area contributed by atoms with E-state index in [1.807, 2.05) is 24.4 Å². The quantitative estimate of drug-likeness (QED) is 0.742. The highest BCUT2D eigenvalue weighted by atomic mass is 32.2. The average Bonchev–Trinajstić information content (AvgIpc) is 3.40. The van der Waals surface area contributed by atoms with E-state index in [2.05, 4.69) is 5.32 Å². The third-order valence-electron chi connectivity index (χ3n) is 4.50. The van der Waals surface area contributed by atoms with Crippen molar-refractivity contribution in [1.82, 2.24) is 10.2 Å². The molecule has 1 aliphatic heterocycles. The van der Waals surface area contributed by atoms with E-state index in [1.54, 1.807) is 53.3 Å². The molecule has 1 aromatic carbocycles. The lowest BCUT2D eigenvalue weighted by atomic mass is 10.1. The molecule has 1 aliphatic rings. The molecule has 1 saturated heterocycles. The van der Waals surface area contributed by atoms with E-state index in [1.165, 1.54) is 7.11 Å². The molecule has 0 saturated carbocycles. The van der Waals surface area contributed by atoms with Gasteiger partial charge < -0.3 is 19.7 Å². The molecule has 0 aliphatic carbocycles. The normalized spacial score (nSPS) is 18.8. The van der Waals surface area contributed by atoms with Crippen LogP contribution < -0.4 is 14.8 Å². The fraction of sp³-hybridized carbons (Fsp3) is 0.400. The number of ether oxygens (including phenoxy) is 2. The monoisotopic (exact) mass is 420 g/mol. The molecule has 8 heteroatoms. The van der Waals surface area contributed by atoms with E-state index in [0.717, 1.165) is 11.3 Å². The van der Waals surface area contributed by atoms with Gasteiger partial charge in [-0.1, -0.05) is 13.0 Å². The van der Waals surface area contributed by atoms with Crippen LogP contribution in [0.15, 0.2) is 35.7 Å². The standard InChI is InChI=1S/C20H24N2O4S2/c1-4-9-21-18(23)14-12-28-20(17-6-5-10-27-17)22(14)19(24)13-7-8-15(25-2)16(11-13)26-3/h5-8,10-11,14,20H,4,9,12H2,1-3H3,(H,21,23). The van der Waals surface area contributed by atoms with E-state index in [9.17, 15) is 9.59 Å². The SMILES string of the molecule is CCCNC(=O)C1CSC(c2cccs2)N1C(=O)c1ccc(OC)c(OC)c1. The summed E-state index contributed by atoms with van der Waals surface area (Å²) in [4.78, 5) is 28.9. The van der Waals surface area contributed by atoms with Crippen LogP contribution in [0.4, 0.5) is 0 Å². The van der Waals surface area contributed by atoms with Crippen LogP contribution in [-0.2, 0) is 4.79 Å². The highest BCUT2D eigenvalue weighted by molar-refractivity contribution is 7.99. The van der Waals surface area contributed by atoms with E-state index in [4.69, 9.17) is 9.47 Å². The van der Waals surface area contributed by atoms with Crippen molar-refractivity contribution in [2.75, 3.05) is 26.5 Å². The van der Waals surface area contributed by atoms with E-state index >= 15 is 0 Å². The molecular formula is C20H24N2O4S2. The summed E-state index contributed by atoms with van der Waals surface area (Å²) in [7, 11) is 3.09. The van der Waals surface area contributed by atoms with E-state index in [0.29, 0.717) is 29.4 Å². The lowest BCUT2D eigenvalue weighted by Gasteiger charge is -2.28. The van der Waals surface area contributed by atoms with Crippen LogP contribution in [0.25, 0.3) is 0 Å². The first kappa shape index (κ1) is 20.5. The maximum Gasteiger partial charge on any atom is 0.255 e. The van der Waals surface area contributed by atoms with E-state index < -0.39 is 6.04 Å². The Hall–Kier alpha value is -2.19. The number of hydrogen-bond acceptors (Lipinski definition) is 6. The average molecular weight is 421 g/mol. The van der Waals surface area contributed by atoms with Crippen molar-refractivity contribution in [3.05, 3.63) is 46.2 Å². The molecule has 0 spiro atoms. The molecule has 2 amide bonds. The van der Waals surface area contributed by atoms with Crippen molar-refractivity contribution in [2.24, 2.45) is 0 Å². The van der Waals surface area contributed by atoms with Crippen molar-refractivity contribution in [3.63, 3.8) is 0 Å². The second kappa shape index (κ2) is 9.34. The molecular weight excluding hydrogens is 396 g/mol. The van der Waals surface area contributed by atoms with Gasteiger partial charge in [-0.2, -0.15) is 0 Å². The topological polar surface area (TPSA) is 67.9 Å². The molecule has 1 fully saturated rings. The maximum atomic E-state index is 13.4. The number of methoxy groups -OCH3 is 2. The fourth-order valence-corrected chi connectivity index (χ4v) is 5.49. The molecule has 0 radical (unpaired) electrons. The highest BCUT2D eigenvalue weighted by Gasteiger charge is 2.43. The van der Waals surface area contributed by atoms with Gasteiger partial charge in [-0.05, 0) is 36.1 Å². The first-order valence-corrected chi connectivity index (χ1v) is 11.0. The van der Waals surface area contributed by atoms with Crippen LogP contribution >= 0.6 is 23.1 Å². The number of carbonyl (C=O) groups excluding carboxylic acids is 2. The van der Waals surface area contributed by atoms with Gasteiger partial charge in [0.1, 0.15) is 11.4 Å². The Balaban J connectivity index is 1.94. The number of rotatable bonds is 7. The Morgan fingerprint density at radius 3 is 2.64 bits per heavy atom. The number of benzene rings is 1. The van der Waals surface area contributed by atoms with Crippen molar-refractivity contribution in [3.8, 4) is 11.5 Å². The first-order chi connectivity index (χ1) is 13.6. The number of hydrogen-bond donors (Lipinski definition) is 1. The Morgan fingerprint density at radius 1 is 1.21 bits per heavy atom. The summed E-state index contributed by atoms with van der Waals surface area (Å²) >= 11 is 3.21. The third-order valence-corrected chi connectivity index (χ3v) is 6.88. The molecule has 2 atom stereocenters. The molecule has 2 heterocycles. The van der Waals surface area contributed by atoms with Gasteiger partial charge >= 0.3 is 0 Å². The smallest absolute Gasteiger partial charge is 0.255 e. The maximum absolute atomic E-state index is 13.4. The first-order valence-electron chi connectivity index (χ1n) is 9.08. The molecule has 150 valence electrons. The van der Waals surface area contributed by atoms with Gasteiger partial charge in [0.25, 0.3) is 5.91 Å². The van der Waals surface area contributed by atoms with Gasteiger partial charge in [-0.25, -0.2) is 0 Å². The second-order valence-electron chi connectivity index (χ2n) is 6.29. The number of carbonyl (C=O) groups is 2. The van der Waals surface area contributed by atoms with Gasteiger partial charge in [0.2, 0.25) is 5.91 Å². The molecule has 2 aromatic rings. The summed E-state index contributed by atoms with van der Waals surface area (Å²) in [5, 5.41) is 4.73. The molecule has 28 heavy (non-hydrogen) atoms. The van der Waals surface area contributed by atoms with Gasteiger partial charge in [0, 0.05) is 22.7 Å².